The van der Waals surface area contributed by atoms with E-state index in [1.54, 1.807) is 31.2 Å². The molecule has 0 spiro atoms. The van der Waals surface area contributed by atoms with Gasteiger partial charge in [0.1, 0.15) is 12.6 Å². The highest BCUT2D eigenvalue weighted by Gasteiger charge is 2.29. The van der Waals surface area contributed by atoms with Crippen molar-refractivity contribution in [2.75, 3.05) is 23.7 Å². The third-order valence-electron chi connectivity index (χ3n) is 4.96. The Balaban J connectivity index is 2.35. The molecular formula is C23H30BrN3O4S. The number of hydrogen-bond acceptors (Lipinski definition) is 4. The van der Waals surface area contributed by atoms with Gasteiger partial charge in [-0.1, -0.05) is 52.7 Å². The second kappa shape index (κ2) is 11.5. The number of anilines is 1. The maximum absolute atomic E-state index is 13.4. The monoisotopic (exact) mass is 523 g/mol. The number of hydrogen-bond donors (Lipinski definition) is 1. The van der Waals surface area contributed by atoms with E-state index < -0.39 is 28.5 Å². The first-order chi connectivity index (χ1) is 15.0. The van der Waals surface area contributed by atoms with Gasteiger partial charge in [-0.05, 0) is 50.1 Å². The predicted molar refractivity (Wildman–Crippen MR) is 131 cm³/mol. The fourth-order valence-electron chi connectivity index (χ4n) is 3.14. The van der Waals surface area contributed by atoms with Gasteiger partial charge in [0.05, 0.1) is 11.9 Å². The van der Waals surface area contributed by atoms with Crippen molar-refractivity contribution in [1.29, 1.82) is 0 Å². The first-order valence-corrected chi connectivity index (χ1v) is 13.0. The molecule has 2 rings (SSSR count). The molecule has 1 atom stereocenters. The number of amides is 2. The van der Waals surface area contributed by atoms with Crippen molar-refractivity contribution >= 4 is 43.5 Å². The summed E-state index contributed by atoms with van der Waals surface area (Å²) < 4.78 is 26.9. The molecule has 0 unspecified atom stereocenters. The molecule has 0 aliphatic heterocycles. The molecule has 1 N–H and O–H groups in total. The molecule has 2 amide bonds. The average Bonchev–Trinajstić information content (AvgIpc) is 2.73. The van der Waals surface area contributed by atoms with Crippen LogP contribution in [0.1, 0.15) is 31.4 Å². The van der Waals surface area contributed by atoms with Gasteiger partial charge in [0.25, 0.3) is 0 Å². The van der Waals surface area contributed by atoms with Crippen molar-refractivity contribution in [3.05, 3.63) is 64.1 Å². The normalized spacial score (nSPS) is 12.2. The van der Waals surface area contributed by atoms with Crippen molar-refractivity contribution < 1.29 is 18.0 Å². The number of halogens is 1. The van der Waals surface area contributed by atoms with E-state index in [1.165, 1.54) is 4.90 Å². The summed E-state index contributed by atoms with van der Waals surface area (Å²) in [5.41, 5.74) is 2.20. The number of benzene rings is 2. The van der Waals surface area contributed by atoms with Crippen LogP contribution in [0.15, 0.2) is 53.0 Å². The zero-order chi connectivity index (χ0) is 23.9. The number of carbonyl (C=O) groups is 2. The molecule has 0 aliphatic carbocycles. The standard InChI is InChI=1S/C23H30BrN3O4S/c1-5-13-25-23(29)18(3)26(15-19-7-6-8-20(24)14-19)22(28)16-27(32(4,30)31)21-11-9-17(2)10-12-21/h6-12,14,18H,5,13,15-16H2,1-4H3,(H,25,29)/t18-/m0/s1. The Labute approximate surface area is 199 Å². The van der Waals surface area contributed by atoms with Gasteiger partial charge in [0, 0.05) is 17.6 Å². The fourth-order valence-corrected chi connectivity index (χ4v) is 4.43. The molecule has 0 bridgehead atoms. The Morgan fingerprint density at radius 2 is 1.78 bits per heavy atom. The van der Waals surface area contributed by atoms with E-state index in [9.17, 15) is 18.0 Å². The van der Waals surface area contributed by atoms with Crippen LogP contribution < -0.4 is 9.62 Å². The molecule has 2 aromatic carbocycles. The molecule has 0 fully saturated rings. The van der Waals surface area contributed by atoms with Crippen molar-refractivity contribution in [3.63, 3.8) is 0 Å². The van der Waals surface area contributed by atoms with Crippen LogP contribution in [0, 0.1) is 6.92 Å². The molecule has 9 heteroatoms. The van der Waals surface area contributed by atoms with Crippen LogP contribution >= 0.6 is 15.9 Å². The van der Waals surface area contributed by atoms with Crippen molar-refractivity contribution in [3.8, 4) is 0 Å². The molecule has 0 saturated heterocycles. The van der Waals surface area contributed by atoms with Gasteiger partial charge in [-0.15, -0.1) is 0 Å². The molecule has 174 valence electrons. The van der Waals surface area contributed by atoms with Crippen molar-refractivity contribution in [2.45, 2.75) is 39.8 Å². The quantitative estimate of drug-likeness (QED) is 0.516. The fraction of sp³-hybridized carbons (Fsp3) is 0.391. The molecule has 7 nitrogen and oxygen atoms in total. The number of sulfonamides is 1. The first kappa shape index (κ1) is 25.9. The van der Waals surface area contributed by atoms with Crippen LogP contribution in [0.25, 0.3) is 0 Å². The van der Waals surface area contributed by atoms with E-state index in [1.807, 2.05) is 38.1 Å². The van der Waals surface area contributed by atoms with Gasteiger partial charge >= 0.3 is 0 Å². The third-order valence-corrected chi connectivity index (χ3v) is 6.59. The Bertz CT molecular complexity index is 1040. The maximum atomic E-state index is 13.4. The lowest BCUT2D eigenvalue weighted by Gasteiger charge is -2.31. The lowest BCUT2D eigenvalue weighted by molar-refractivity contribution is -0.139. The smallest absolute Gasteiger partial charge is 0.244 e. The van der Waals surface area contributed by atoms with Gasteiger partial charge in [0.15, 0.2) is 0 Å². The highest BCUT2D eigenvalue weighted by Crippen LogP contribution is 2.20. The molecular weight excluding hydrogens is 494 g/mol. The number of carbonyl (C=O) groups excluding carboxylic acids is 2. The largest absolute Gasteiger partial charge is 0.354 e. The average molecular weight is 524 g/mol. The van der Waals surface area contributed by atoms with Crippen LogP contribution in [-0.2, 0) is 26.2 Å². The topological polar surface area (TPSA) is 86.8 Å². The summed E-state index contributed by atoms with van der Waals surface area (Å²) in [4.78, 5) is 27.4. The SMILES string of the molecule is CCCNC(=O)[C@H](C)N(Cc1cccc(Br)c1)C(=O)CN(c1ccc(C)cc1)S(C)(=O)=O. The molecule has 0 aromatic heterocycles. The summed E-state index contributed by atoms with van der Waals surface area (Å²) in [5.74, 6) is -0.744. The van der Waals surface area contributed by atoms with Gasteiger partial charge in [-0.2, -0.15) is 0 Å². The van der Waals surface area contributed by atoms with Crippen LogP contribution in [-0.4, -0.2) is 50.5 Å². The Morgan fingerprint density at radius 1 is 1.12 bits per heavy atom. The summed E-state index contributed by atoms with van der Waals surface area (Å²) >= 11 is 3.42. The van der Waals surface area contributed by atoms with E-state index in [0.29, 0.717) is 12.2 Å². The third kappa shape index (κ3) is 7.34. The highest BCUT2D eigenvalue weighted by molar-refractivity contribution is 9.10. The van der Waals surface area contributed by atoms with E-state index >= 15 is 0 Å². The van der Waals surface area contributed by atoms with Crippen molar-refractivity contribution in [2.24, 2.45) is 0 Å². The van der Waals surface area contributed by atoms with E-state index in [-0.39, 0.29) is 12.5 Å². The van der Waals surface area contributed by atoms with E-state index in [0.717, 1.165) is 32.6 Å². The predicted octanol–water partition coefficient (Wildman–Crippen LogP) is 3.47. The zero-order valence-corrected chi connectivity index (χ0v) is 21.2. The molecule has 0 saturated carbocycles. The lowest BCUT2D eigenvalue weighted by atomic mass is 10.1. The van der Waals surface area contributed by atoms with E-state index in [4.69, 9.17) is 0 Å². The van der Waals surface area contributed by atoms with Gasteiger partial charge in [0.2, 0.25) is 21.8 Å². The summed E-state index contributed by atoms with van der Waals surface area (Å²) in [5, 5.41) is 2.81. The Morgan fingerprint density at radius 3 is 2.34 bits per heavy atom. The number of nitrogens with one attached hydrogen (secondary N) is 1. The molecule has 0 radical (unpaired) electrons. The molecule has 2 aromatic rings. The Kier molecular flexibility index (Phi) is 9.27. The molecule has 0 heterocycles. The maximum Gasteiger partial charge on any atom is 0.244 e. The number of aryl methyl sites for hydroxylation is 1. The summed E-state index contributed by atoms with van der Waals surface area (Å²) in [6.07, 6.45) is 1.84. The number of nitrogens with zero attached hydrogens (tertiary/aromatic N) is 2. The van der Waals surface area contributed by atoms with Gasteiger partial charge in [-0.25, -0.2) is 8.42 Å². The minimum Gasteiger partial charge on any atom is -0.354 e. The van der Waals surface area contributed by atoms with Crippen LogP contribution in [0.4, 0.5) is 5.69 Å². The Hall–Kier alpha value is -2.39. The van der Waals surface area contributed by atoms with Gasteiger partial charge in [-0.3, -0.25) is 13.9 Å². The van der Waals surface area contributed by atoms with Crippen molar-refractivity contribution in [1.82, 2.24) is 10.2 Å². The number of rotatable bonds is 10. The minimum atomic E-state index is -3.72. The second-order valence-electron chi connectivity index (χ2n) is 7.72. The highest BCUT2D eigenvalue weighted by atomic mass is 79.9. The minimum absolute atomic E-state index is 0.171. The van der Waals surface area contributed by atoms with Crippen LogP contribution in [0.3, 0.4) is 0 Å². The summed E-state index contributed by atoms with van der Waals surface area (Å²) in [6.45, 7) is 5.77. The lowest BCUT2D eigenvalue weighted by Crippen LogP contribution is -2.51. The first-order valence-electron chi connectivity index (χ1n) is 10.4. The van der Waals surface area contributed by atoms with Crippen LogP contribution in [0.5, 0.6) is 0 Å². The van der Waals surface area contributed by atoms with Gasteiger partial charge < -0.3 is 10.2 Å². The molecule has 32 heavy (non-hydrogen) atoms. The summed E-state index contributed by atoms with van der Waals surface area (Å²) in [6, 6.07) is 13.6. The second-order valence-corrected chi connectivity index (χ2v) is 10.5. The van der Waals surface area contributed by atoms with Crippen LogP contribution in [0.2, 0.25) is 0 Å². The molecule has 0 aliphatic rings. The zero-order valence-electron chi connectivity index (χ0n) is 18.8. The van der Waals surface area contributed by atoms with E-state index in [2.05, 4.69) is 21.2 Å². The summed E-state index contributed by atoms with van der Waals surface area (Å²) in [7, 11) is -3.72.